The fourth-order valence-corrected chi connectivity index (χ4v) is 2.14. The van der Waals surface area contributed by atoms with Gasteiger partial charge < -0.3 is 18.9 Å². The third-order valence-corrected chi connectivity index (χ3v) is 3.57. The Morgan fingerprint density at radius 3 is 1.85 bits per heavy atom. The lowest BCUT2D eigenvalue weighted by atomic mass is 9.97. The largest absolute Gasteiger partial charge is 0.465 e. The molecule has 27 heavy (non-hydrogen) atoms. The number of rotatable bonds is 5. The molecular formula is C18H18O9. The van der Waals surface area contributed by atoms with E-state index in [1.165, 1.54) is 0 Å². The van der Waals surface area contributed by atoms with Crippen LogP contribution in [-0.2, 0) is 23.7 Å². The molecule has 0 bridgehead atoms. The van der Waals surface area contributed by atoms with Crippen LogP contribution in [0, 0.1) is 5.41 Å². The van der Waals surface area contributed by atoms with Crippen molar-refractivity contribution in [1.82, 2.24) is 0 Å². The third kappa shape index (κ3) is 4.30. The summed E-state index contributed by atoms with van der Waals surface area (Å²) in [4.78, 5) is 59.2. The van der Waals surface area contributed by atoms with Crippen LogP contribution in [0.1, 0.15) is 62.2 Å². The number of cyclic esters (lactones) is 2. The van der Waals surface area contributed by atoms with Gasteiger partial charge in [-0.2, -0.15) is 0 Å². The maximum absolute atomic E-state index is 12.3. The molecule has 0 amide bonds. The van der Waals surface area contributed by atoms with Crippen molar-refractivity contribution in [2.45, 2.75) is 20.8 Å². The van der Waals surface area contributed by atoms with Crippen molar-refractivity contribution < 1.29 is 42.9 Å². The van der Waals surface area contributed by atoms with Crippen molar-refractivity contribution in [3.63, 3.8) is 0 Å². The molecule has 1 aliphatic rings. The van der Waals surface area contributed by atoms with Gasteiger partial charge >= 0.3 is 29.8 Å². The highest BCUT2D eigenvalue weighted by atomic mass is 16.6. The number of hydrogen-bond donors (Lipinski definition) is 0. The summed E-state index contributed by atoms with van der Waals surface area (Å²) in [5.74, 6) is -4.16. The SMILES string of the molecule is COC(=O)c1cc2c(cc1C(=O)OCCOC(=O)C(C)(C)C)C(=O)OC2=O. The first-order valence-corrected chi connectivity index (χ1v) is 7.93. The summed E-state index contributed by atoms with van der Waals surface area (Å²) in [5.41, 5.74) is -1.52. The summed E-state index contributed by atoms with van der Waals surface area (Å²) in [6.45, 7) is 4.58. The van der Waals surface area contributed by atoms with Crippen LogP contribution >= 0.6 is 0 Å². The van der Waals surface area contributed by atoms with Gasteiger partial charge in [0.2, 0.25) is 0 Å². The van der Waals surface area contributed by atoms with Gasteiger partial charge in [0.05, 0.1) is 34.8 Å². The quantitative estimate of drug-likeness (QED) is 0.325. The average molecular weight is 378 g/mol. The van der Waals surface area contributed by atoms with Gasteiger partial charge in [0.1, 0.15) is 13.2 Å². The van der Waals surface area contributed by atoms with Gasteiger partial charge in [0, 0.05) is 0 Å². The van der Waals surface area contributed by atoms with Crippen LogP contribution in [-0.4, -0.2) is 50.2 Å². The van der Waals surface area contributed by atoms with Crippen molar-refractivity contribution in [2.24, 2.45) is 5.41 Å². The van der Waals surface area contributed by atoms with Crippen LogP contribution < -0.4 is 0 Å². The second kappa shape index (κ2) is 7.56. The molecule has 0 spiro atoms. The van der Waals surface area contributed by atoms with Crippen LogP contribution in [0.15, 0.2) is 12.1 Å². The monoisotopic (exact) mass is 378 g/mol. The Morgan fingerprint density at radius 1 is 0.889 bits per heavy atom. The summed E-state index contributed by atoms with van der Waals surface area (Å²) in [6, 6.07) is 2.09. The van der Waals surface area contributed by atoms with Crippen LogP contribution in [0.25, 0.3) is 0 Å². The van der Waals surface area contributed by atoms with Crippen LogP contribution in [0.3, 0.4) is 0 Å². The normalized spacial score (nSPS) is 12.9. The van der Waals surface area contributed by atoms with E-state index in [1.807, 2.05) is 0 Å². The molecule has 2 rings (SSSR count). The minimum Gasteiger partial charge on any atom is -0.465 e. The molecule has 0 saturated heterocycles. The summed E-state index contributed by atoms with van der Waals surface area (Å²) in [6.07, 6.45) is 0. The van der Waals surface area contributed by atoms with Crippen molar-refractivity contribution in [3.05, 3.63) is 34.4 Å². The van der Waals surface area contributed by atoms with E-state index in [1.54, 1.807) is 20.8 Å². The lowest BCUT2D eigenvalue weighted by molar-refractivity contribution is -0.154. The van der Waals surface area contributed by atoms with E-state index in [4.69, 9.17) is 9.47 Å². The second-order valence-corrected chi connectivity index (χ2v) is 6.63. The minimum absolute atomic E-state index is 0.143. The number of benzene rings is 1. The molecule has 0 atom stereocenters. The van der Waals surface area contributed by atoms with E-state index >= 15 is 0 Å². The van der Waals surface area contributed by atoms with Gasteiger partial charge in [-0.1, -0.05) is 0 Å². The Bertz CT molecular complexity index is 830. The van der Waals surface area contributed by atoms with Crippen molar-refractivity contribution in [2.75, 3.05) is 20.3 Å². The molecule has 1 aromatic carbocycles. The zero-order chi connectivity index (χ0) is 20.4. The molecule has 0 aliphatic carbocycles. The first kappa shape index (κ1) is 20.1. The van der Waals surface area contributed by atoms with Gasteiger partial charge in [0.15, 0.2) is 0 Å². The Kier molecular flexibility index (Phi) is 5.63. The lowest BCUT2D eigenvalue weighted by Crippen LogP contribution is -2.25. The molecule has 0 saturated carbocycles. The van der Waals surface area contributed by atoms with Crippen molar-refractivity contribution in [1.29, 1.82) is 0 Å². The van der Waals surface area contributed by atoms with Gasteiger partial charge in [-0.25, -0.2) is 19.2 Å². The first-order valence-electron chi connectivity index (χ1n) is 7.93. The maximum atomic E-state index is 12.3. The first-order chi connectivity index (χ1) is 12.6. The van der Waals surface area contributed by atoms with E-state index in [9.17, 15) is 24.0 Å². The van der Waals surface area contributed by atoms with E-state index in [0.29, 0.717) is 0 Å². The van der Waals surface area contributed by atoms with E-state index in [-0.39, 0.29) is 35.5 Å². The molecule has 0 unspecified atom stereocenters. The second-order valence-electron chi connectivity index (χ2n) is 6.63. The van der Waals surface area contributed by atoms with Crippen LogP contribution in [0.5, 0.6) is 0 Å². The maximum Gasteiger partial charge on any atom is 0.346 e. The number of esters is 5. The Balaban J connectivity index is 2.16. The van der Waals surface area contributed by atoms with Gasteiger partial charge in [-0.3, -0.25) is 4.79 Å². The Hall–Kier alpha value is -3.23. The summed E-state index contributed by atoms with van der Waals surface area (Å²) < 4.78 is 19.0. The Morgan fingerprint density at radius 2 is 1.37 bits per heavy atom. The standard InChI is InChI=1S/C18H18O9/c1-18(2,3)17(23)26-6-5-25-14(20)10-8-12-11(15(21)27-16(12)22)7-9(10)13(19)24-4/h7-8H,5-6H2,1-4H3. The number of ether oxygens (including phenoxy) is 4. The molecule has 0 fully saturated rings. The fourth-order valence-electron chi connectivity index (χ4n) is 2.14. The molecule has 1 aliphatic heterocycles. The summed E-state index contributed by atoms with van der Waals surface area (Å²) >= 11 is 0. The molecule has 0 N–H and O–H groups in total. The molecule has 9 heteroatoms. The average Bonchev–Trinajstić information content (AvgIpc) is 2.89. The molecule has 0 radical (unpaired) electrons. The Labute approximate surface area is 154 Å². The summed E-state index contributed by atoms with van der Waals surface area (Å²) in [5, 5.41) is 0. The fraction of sp³-hybridized carbons (Fsp3) is 0.389. The third-order valence-electron chi connectivity index (χ3n) is 3.57. The van der Waals surface area contributed by atoms with Crippen LogP contribution in [0.2, 0.25) is 0 Å². The smallest absolute Gasteiger partial charge is 0.346 e. The molecule has 1 aromatic rings. The molecular weight excluding hydrogens is 360 g/mol. The van der Waals surface area contributed by atoms with Gasteiger partial charge in [-0.15, -0.1) is 0 Å². The molecule has 0 aromatic heterocycles. The van der Waals surface area contributed by atoms with Gasteiger partial charge in [-0.05, 0) is 32.9 Å². The highest BCUT2D eigenvalue weighted by Gasteiger charge is 2.34. The topological polar surface area (TPSA) is 122 Å². The van der Waals surface area contributed by atoms with Gasteiger partial charge in [0.25, 0.3) is 0 Å². The summed E-state index contributed by atoms with van der Waals surface area (Å²) in [7, 11) is 1.10. The number of hydrogen-bond acceptors (Lipinski definition) is 9. The predicted octanol–water partition coefficient (Wildman–Crippen LogP) is 1.53. The van der Waals surface area contributed by atoms with E-state index < -0.39 is 35.3 Å². The zero-order valence-electron chi connectivity index (χ0n) is 15.2. The molecule has 9 nitrogen and oxygen atoms in total. The van der Waals surface area contributed by atoms with Crippen molar-refractivity contribution >= 4 is 29.8 Å². The number of carbonyl (C=O) groups is 5. The lowest BCUT2D eigenvalue weighted by Gasteiger charge is -2.16. The van der Waals surface area contributed by atoms with E-state index in [0.717, 1.165) is 19.2 Å². The minimum atomic E-state index is -0.947. The van der Waals surface area contributed by atoms with Crippen LogP contribution in [0.4, 0.5) is 0 Å². The molecule has 1 heterocycles. The number of carbonyl (C=O) groups excluding carboxylic acids is 5. The predicted molar refractivity (Wildman–Crippen MR) is 88.2 cm³/mol. The number of fused-ring (bicyclic) bond motifs is 1. The van der Waals surface area contributed by atoms with E-state index in [2.05, 4.69) is 9.47 Å². The highest BCUT2D eigenvalue weighted by molar-refractivity contribution is 6.17. The zero-order valence-corrected chi connectivity index (χ0v) is 15.2. The highest BCUT2D eigenvalue weighted by Crippen LogP contribution is 2.25. The molecule has 144 valence electrons. The number of methoxy groups -OCH3 is 1. The van der Waals surface area contributed by atoms with Crippen molar-refractivity contribution in [3.8, 4) is 0 Å².